The third kappa shape index (κ3) is 2.55. The van der Waals surface area contributed by atoms with Crippen molar-refractivity contribution in [2.75, 3.05) is 6.61 Å². The average Bonchev–Trinajstić information content (AvgIpc) is 2.85. The molecule has 9 heteroatoms. The minimum absolute atomic E-state index is 0.00172. The zero-order valence-corrected chi connectivity index (χ0v) is 9.38. The standard InChI is InChI=1S/C7H10N6O2S/c1-5-8-6(15-10-5)4-16-7-9-11-12-13(7)2-3-14/h14H,2-4H2,1H3. The van der Waals surface area contributed by atoms with Crippen LogP contribution in [0.4, 0.5) is 0 Å². The normalized spacial score (nSPS) is 10.9. The monoisotopic (exact) mass is 242 g/mol. The fourth-order valence-electron chi connectivity index (χ4n) is 1.06. The zero-order chi connectivity index (χ0) is 11.4. The van der Waals surface area contributed by atoms with E-state index in [0.29, 0.717) is 29.2 Å². The predicted octanol–water partition coefficient (Wildman–Crippen LogP) is -0.351. The van der Waals surface area contributed by atoms with Crippen LogP contribution in [0.5, 0.6) is 0 Å². The van der Waals surface area contributed by atoms with E-state index in [2.05, 4.69) is 25.7 Å². The fourth-order valence-corrected chi connectivity index (χ4v) is 1.80. The maximum absolute atomic E-state index is 8.78. The van der Waals surface area contributed by atoms with Crippen LogP contribution in [0, 0.1) is 6.92 Å². The summed E-state index contributed by atoms with van der Waals surface area (Å²) in [6, 6.07) is 0. The van der Waals surface area contributed by atoms with E-state index in [9.17, 15) is 0 Å². The van der Waals surface area contributed by atoms with Crippen molar-refractivity contribution in [2.24, 2.45) is 0 Å². The zero-order valence-electron chi connectivity index (χ0n) is 8.57. The summed E-state index contributed by atoms with van der Waals surface area (Å²) in [5.41, 5.74) is 0. The van der Waals surface area contributed by atoms with Crippen molar-refractivity contribution in [2.45, 2.75) is 24.4 Å². The molecule has 0 bridgehead atoms. The molecule has 0 aliphatic rings. The van der Waals surface area contributed by atoms with Gasteiger partial charge in [-0.05, 0) is 17.4 Å². The van der Waals surface area contributed by atoms with E-state index >= 15 is 0 Å². The van der Waals surface area contributed by atoms with Crippen LogP contribution < -0.4 is 0 Å². The van der Waals surface area contributed by atoms with Crippen LogP contribution in [0.15, 0.2) is 9.68 Å². The number of rotatable bonds is 5. The molecule has 8 nitrogen and oxygen atoms in total. The van der Waals surface area contributed by atoms with E-state index in [1.54, 1.807) is 6.92 Å². The Balaban J connectivity index is 1.96. The molecule has 0 unspecified atom stereocenters. The molecule has 86 valence electrons. The maximum atomic E-state index is 8.78. The van der Waals surface area contributed by atoms with Gasteiger partial charge in [0.1, 0.15) is 0 Å². The number of aliphatic hydroxyl groups excluding tert-OH is 1. The Labute approximate surface area is 95.0 Å². The van der Waals surface area contributed by atoms with Crippen molar-refractivity contribution in [3.8, 4) is 0 Å². The van der Waals surface area contributed by atoms with E-state index in [1.165, 1.54) is 16.4 Å². The minimum Gasteiger partial charge on any atom is -0.394 e. The van der Waals surface area contributed by atoms with E-state index in [0.717, 1.165) is 0 Å². The van der Waals surface area contributed by atoms with Crippen molar-refractivity contribution >= 4 is 11.8 Å². The second-order valence-electron chi connectivity index (χ2n) is 2.93. The lowest BCUT2D eigenvalue weighted by Gasteiger charge is -1.99. The van der Waals surface area contributed by atoms with Gasteiger partial charge in [-0.1, -0.05) is 16.9 Å². The summed E-state index contributed by atoms with van der Waals surface area (Å²) >= 11 is 1.38. The topological polar surface area (TPSA) is 103 Å². The van der Waals surface area contributed by atoms with Gasteiger partial charge in [0.15, 0.2) is 5.82 Å². The molecule has 0 aromatic carbocycles. The van der Waals surface area contributed by atoms with Crippen molar-refractivity contribution < 1.29 is 9.63 Å². The SMILES string of the molecule is Cc1noc(CSc2nnnn2CCO)n1. The van der Waals surface area contributed by atoms with Gasteiger partial charge >= 0.3 is 0 Å². The van der Waals surface area contributed by atoms with Crippen LogP contribution in [0.3, 0.4) is 0 Å². The van der Waals surface area contributed by atoms with Crippen molar-refractivity contribution in [3.63, 3.8) is 0 Å². The van der Waals surface area contributed by atoms with Crippen LogP contribution in [0.1, 0.15) is 11.7 Å². The Morgan fingerprint density at radius 2 is 2.38 bits per heavy atom. The highest BCUT2D eigenvalue weighted by atomic mass is 32.2. The lowest BCUT2D eigenvalue weighted by atomic mass is 10.7. The molecule has 2 rings (SSSR count). The second kappa shape index (κ2) is 5.03. The number of hydrogen-bond donors (Lipinski definition) is 1. The van der Waals surface area contributed by atoms with Crippen LogP contribution in [0.25, 0.3) is 0 Å². The lowest BCUT2D eigenvalue weighted by Crippen LogP contribution is -2.05. The van der Waals surface area contributed by atoms with E-state index in [1.807, 2.05) is 0 Å². The Morgan fingerprint density at radius 1 is 1.50 bits per heavy atom. The molecule has 0 atom stereocenters. The number of hydrogen-bond acceptors (Lipinski definition) is 8. The molecule has 2 heterocycles. The fraction of sp³-hybridized carbons (Fsp3) is 0.571. The van der Waals surface area contributed by atoms with Crippen molar-refractivity contribution in [3.05, 3.63) is 11.7 Å². The highest BCUT2D eigenvalue weighted by molar-refractivity contribution is 7.98. The second-order valence-corrected chi connectivity index (χ2v) is 3.87. The van der Waals surface area contributed by atoms with Gasteiger partial charge in [0.2, 0.25) is 11.0 Å². The van der Waals surface area contributed by atoms with E-state index < -0.39 is 0 Å². The number of tetrazole rings is 1. The highest BCUT2D eigenvalue weighted by Crippen LogP contribution is 2.18. The molecule has 16 heavy (non-hydrogen) atoms. The first kappa shape index (κ1) is 11.0. The molecule has 0 fully saturated rings. The summed E-state index contributed by atoms with van der Waals surface area (Å²) in [5, 5.41) is 24.2. The molecule has 0 saturated carbocycles. The molecule has 0 spiro atoms. The first-order valence-corrected chi connectivity index (χ1v) is 5.57. The van der Waals surface area contributed by atoms with E-state index in [4.69, 9.17) is 9.63 Å². The molecular weight excluding hydrogens is 232 g/mol. The van der Waals surface area contributed by atoms with Crippen molar-refractivity contribution in [1.82, 2.24) is 30.3 Å². The number of nitrogens with zero attached hydrogens (tertiary/aromatic N) is 6. The Bertz CT molecular complexity index is 455. The molecule has 1 N–H and O–H groups in total. The van der Waals surface area contributed by atoms with E-state index in [-0.39, 0.29) is 6.61 Å². The Hall–Kier alpha value is -1.48. The van der Waals surface area contributed by atoms with Crippen LogP contribution >= 0.6 is 11.8 Å². The van der Waals surface area contributed by atoms with Gasteiger partial charge in [-0.15, -0.1) is 5.10 Å². The van der Waals surface area contributed by atoms with Crippen LogP contribution in [-0.2, 0) is 12.3 Å². The molecule has 0 aliphatic heterocycles. The quantitative estimate of drug-likeness (QED) is 0.709. The lowest BCUT2D eigenvalue weighted by molar-refractivity contribution is 0.262. The van der Waals surface area contributed by atoms with Gasteiger partial charge in [0.05, 0.1) is 18.9 Å². The van der Waals surface area contributed by atoms with Gasteiger partial charge in [-0.25, -0.2) is 4.68 Å². The molecule has 0 radical (unpaired) electrons. The first-order chi connectivity index (χ1) is 7.79. The van der Waals surface area contributed by atoms with Crippen LogP contribution in [0.2, 0.25) is 0 Å². The number of aromatic nitrogens is 6. The number of aliphatic hydroxyl groups is 1. The van der Waals surface area contributed by atoms with Gasteiger partial charge < -0.3 is 9.63 Å². The summed E-state index contributed by atoms with van der Waals surface area (Å²) in [4.78, 5) is 4.06. The van der Waals surface area contributed by atoms with Gasteiger partial charge in [0.25, 0.3) is 0 Å². The largest absolute Gasteiger partial charge is 0.394 e. The number of aryl methyl sites for hydroxylation is 1. The first-order valence-electron chi connectivity index (χ1n) is 4.58. The van der Waals surface area contributed by atoms with Gasteiger partial charge in [0, 0.05) is 0 Å². The summed E-state index contributed by atoms with van der Waals surface area (Å²) < 4.78 is 6.47. The summed E-state index contributed by atoms with van der Waals surface area (Å²) in [6.45, 7) is 2.13. The predicted molar refractivity (Wildman–Crippen MR) is 53.5 cm³/mol. The molecule has 2 aromatic rings. The third-order valence-corrected chi connectivity index (χ3v) is 2.65. The summed E-state index contributed by atoms with van der Waals surface area (Å²) in [6.07, 6.45) is 0. The number of thioether (sulfide) groups is 1. The molecule has 2 aromatic heterocycles. The molecule has 0 aliphatic carbocycles. The minimum atomic E-state index is -0.00172. The van der Waals surface area contributed by atoms with Crippen molar-refractivity contribution in [1.29, 1.82) is 0 Å². The average molecular weight is 242 g/mol. The highest BCUT2D eigenvalue weighted by Gasteiger charge is 2.09. The molecular formula is C7H10N6O2S. The Morgan fingerprint density at radius 3 is 3.06 bits per heavy atom. The molecule has 0 amide bonds. The third-order valence-electron chi connectivity index (χ3n) is 1.71. The summed E-state index contributed by atoms with van der Waals surface area (Å²) in [5.74, 6) is 1.64. The smallest absolute Gasteiger partial charge is 0.237 e. The van der Waals surface area contributed by atoms with Gasteiger partial charge in [-0.3, -0.25) is 0 Å². The van der Waals surface area contributed by atoms with Gasteiger partial charge in [-0.2, -0.15) is 4.98 Å². The summed E-state index contributed by atoms with van der Waals surface area (Å²) in [7, 11) is 0. The Kier molecular flexibility index (Phi) is 3.47. The molecule has 0 saturated heterocycles. The van der Waals surface area contributed by atoms with Crippen LogP contribution in [-0.4, -0.2) is 42.1 Å². The maximum Gasteiger partial charge on any atom is 0.237 e.